The van der Waals surface area contributed by atoms with Gasteiger partial charge in [-0.25, -0.2) is 4.79 Å². The predicted molar refractivity (Wildman–Crippen MR) is 114 cm³/mol. The summed E-state index contributed by atoms with van der Waals surface area (Å²) in [6.45, 7) is 8.23. The van der Waals surface area contributed by atoms with Crippen LogP contribution in [0.2, 0.25) is 0 Å². The van der Waals surface area contributed by atoms with E-state index in [0.29, 0.717) is 29.5 Å². The maximum Gasteiger partial charge on any atom is 0.340 e. The lowest BCUT2D eigenvalue weighted by atomic mass is 10.1. The first kappa shape index (κ1) is 21.4. The van der Waals surface area contributed by atoms with E-state index in [0.717, 1.165) is 28.3 Å². The lowest BCUT2D eigenvalue weighted by molar-refractivity contribution is 0.0525. The number of thiocarbonyl (C=S) groups is 1. The molecular formula is C20H26N4O3S. The van der Waals surface area contributed by atoms with Crippen LogP contribution in [0.1, 0.15) is 46.7 Å². The second-order valence-corrected chi connectivity index (χ2v) is 6.59. The number of rotatable bonds is 7. The van der Waals surface area contributed by atoms with Gasteiger partial charge in [-0.3, -0.25) is 5.43 Å². The molecule has 150 valence electrons. The molecule has 0 fully saturated rings. The van der Waals surface area contributed by atoms with Crippen molar-refractivity contribution in [2.75, 3.05) is 13.7 Å². The summed E-state index contributed by atoms with van der Waals surface area (Å²) >= 11 is 5.27. The Morgan fingerprint density at radius 2 is 1.93 bits per heavy atom. The summed E-state index contributed by atoms with van der Waals surface area (Å²) in [5.74, 6) is 0.473. The van der Waals surface area contributed by atoms with E-state index in [9.17, 15) is 4.79 Å². The molecule has 1 heterocycles. The van der Waals surface area contributed by atoms with Crippen molar-refractivity contribution in [3.8, 4) is 5.75 Å². The van der Waals surface area contributed by atoms with Gasteiger partial charge in [-0.2, -0.15) is 5.10 Å². The average Bonchev–Trinajstić information content (AvgIpc) is 2.99. The molecule has 0 aliphatic carbocycles. The maximum absolute atomic E-state index is 12.1. The number of esters is 1. The van der Waals surface area contributed by atoms with Crippen molar-refractivity contribution in [2.24, 2.45) is 5.10 Å². The minimum absolute atomic E-state index is 0.334. The number of benzene rings is 1. The highest BCUT2D eigenvalue weighted by Crippen LogP contribution is 2.19. The summed E-state index contributed by atoms with van der Waals surface area (Å²) in [6.07, 6.45) is 0. The van der Waals surface area contributed by atoms with Gasteiger partial charge in [0, 0.05) is 12.2 Å². The van der Waals surface area contributed by atoms with E-state index in [1.807, 2.05) is 45.0 Å². The van der Waals surface area contributed by atoms with Crippen molar-refractivity contribution in [1.29, 1.82) is 0 Å². The number of hydrogen-bond donors (Lipinski definition) is 3. The van der Waals surface area contributed by atoms with Crippen LogP contribution in [0, 0.1) is 13.8 Å². The predicted octanol–water partition coefficient (Wildman–Crippen LogP) is 3.21. The Hall–Kier alpha value is -2.87. The molecule has 3 N–H and O–H groups in total. The number of nitrogens with one attached hydrogen (secondary N) is 3. The van der Waals surface area contributed by atoms with Crippen LogP contribution in [0.5, 0.6) is 5.75 Å². The number of nitrogens with zero attached hydrogens (tertiary/aromatic N) is 1. The van der Waals surface area contributed by atoms with E-state index < -0.39 is 0 Å². The molecule has 0 bridgehead atoms. The fourth-order valence-electron chi connectivity index (χ4n) is 2.78. The summed E-state index contributed by atoms with van der Waals surface area (Å²) in [6, 6.07) is 7.72. The standard InChI is InChI=1S/C20H26N4O3S/c1-6-27-19(25)17-12(2)18(22-13(17)3)14(4)23-24-20(28)21-11-15-7-9-16(26-5)10-8-15/h7-10,22H,6,11H2,1-5H3,(H2,21,24,28)/b23-14+. The minimum atomic E-state index is -0.336. The quantitative estimate of drug-likeness (QED) is 0.285. The van der Waals surface area contributed by atoms with Gasteiger partial charge in [0.25, 0.3) is 0 Å². The lowest BCUT2D eigenvalue weighted by Crippen LogP contribution is -2.32. The Labute approximate surface area is 170 Å². The molecule has 0 spiro atoms. The first-order chi connectivity index (χ1) is 13.4. The molecule has 0 atom stereocenters. The Bertz CT molecular complexity index is 872. The van der Waals surface area contributed by atoms with Crippen molar-refractivity contribution in [3.05, 3.63) is 52.3 Å². The van der Waals surface area contributed by atoms with Crippen LogP contribution in [0.4, 0.5) is 0 Å². The van der Waals surface area contributed by atoms with E-state index in [1.165, 1.54) is 0 Å². The molecular weight excluding hydrogens is 376 g/mol. The third kappa shape index (κ3) is 5.32. The Balaban J connectivity index is 1.98. The zero-order chi connectivity index (χ0) is 20.7. The molecule has 2 aromatic rings. The van der Waals surface area contributed by atoms with E-state index in [4.69, 9.17) is 21.7 Å². The van der Waals surface area contributed by atoms with Crippen LogP contribution in [-0.4, -0.2) is 35.5 Å². The topological polar surface area (TPSA) is 87.7 Å². The summed E-state index contributed by atoms with van der Waals surface area (Å²) < 4.78 is 10.3. The summed E-state index contributed by atoms with van der Waals surface area (Å²) in [7, 11) is 1.63. The van der Waals surface area contributed by atoms with Crippen molar-refractivity contribution in [2.45, 2.75) is 34.2 Å². The van der Waals surface area contributed by atoms with Gasteiger partial charge in [0.15, 0.2) is 5.11 Å². The number of methoxy groups -OCH3 is 1. The number of carbonyl (C=O) groups excluding carboxylic acids is 1. The average molecular weight is 403 g/mol. The molecule has 1 aromatic heterocycles. The van der Waals surface area contributed by atoms with Crippen LogP contribution in [0.15, 0.2) is 29.4 Å². The van der Waals surface area contributed by atoms with Gasteiger partial charge in [0.1, 0.15) is 5.75 Å². The molecule has 2 rings (SSSR count). The molecule has 0 unspecified atom stereocenters. The van der Waals surface area contributed by atoms with Crippen LogP contribution in [0.25, 0.3) is 0 Å². The number of ether oxygens (including phenoxy) is 2. The molecule has 0 aliphatic rings. The van der Waals surface area contributed by atoms with Crippen LogP contribution >= 0.6 is 12.2 Å². The van der Waals surface area contributed by atoms with Crippen LogP contribution in [0.3, 0.4) is 0 Å². The number of aromatic amines is 1. The smallest absolute Gasteiger partial charge is 0.340 e. The Kier molecular flexibility index (Phi) is 7.57. The first-order valence-corrected chi connectivity index (χ1v) is 9.35. The number of aryl methyl sites for hydroxylation is 1. The molecule has 0 amide bonds. The van der Waals surface area contributed by atoms with E-state index in [1.54, 1.807) is 14.0 Å². The van der Waals surface area contributed by atoms with Crippen molar-refractivity contribution < 1.29 is 14.3 Å². The molecule has 0 saturated heterocycles. The van der Waals surface area contributed by atoms with Crippen molar-refractivity contribution in [1.82, 2.24) is 15.7 Å². The third-order valence-corrected chi connectivity index (χ3v) is 4.45. The number of hydrazone groups is 1. The van der Waals surface area contributed by atoms with Gasteiger partial charge in [-0.1, -0.05) is 12.1 Å². The molecule has 0 saturated carbocycles. The van der Waals surface area contributed by atoms with Crippen molar-refractivity contribution >= 4 is 29.0 Å². The molecule has 0 aliphatic heterocycles. The number of aromatic nitrogens is 1. The highest BCUT2D eigenvalue weighted by Gasteiger charge is 2.20. The van der Waals surface area contributed by atoms with E-state index in [2.05, 4.69) is 20.8 Å². The second-order valence-electron chi connectivity index (χ2n) is 6.19. The molecule has 8 heteroatoms. The van der Waals surface area contributed by atoms with Crippen LogP contribution in [-0.2, 0) is 11.3 Å². The Morgan fingerprint density at radius 3 is 2.54 bits per heavy atom. The van der Waals surface area contributed by atoms with E-state index in [-0.39, 0.29) is 5.97 Å². The largest absolute Gasteiger partial charge is 0.497 e. The SMILES string of the molecule is CCOC(=O)c1c(C)[nH]c(/C(C)=N/NC(=S)NCc2ccc(OC)cc2)c1C. The zero-order valence-electron chi connectivity index (χ0n) is 16.8. The highest BCUT2D eigenvalue weighted by atomic mass is 32.1. The van der Waals surface area contributed by atoms with Gasteiger partial charge >= 0.3 is 5.97 Å². The van der Waals surface area contributed by atoms with Gasteiger partial charge < -0.3 is 19.8 Å². The normalized spacial score (nSPS) is 11.1. The summed E-state index contributed by atoms with van der Waals surface area (Å²) in [4.78, 5) is 15.3. The zero-order valence-corrected chi connectivity index (χ0v) is 17.6. The monoisotopic (exact) mass is 402 g/mol. The number of H-pyrrole nitrogens is 1. The summed E-state index contributed by atoms with van der Waals surface area (Å²) in [5.41, 5.74) is 7.46. The second kappa shape index (κ2) is 9.89. The van der Waals surface area contributed by atoms with Gasteiger partial charge in [-0.05, 0) is 63.2 Å². The maximum atomic E-state index is 12.1. The highest BCUT2D eigenvalue weighted by molar-refractivity contribution is 7.80. The molecule has 28 heavy (non-hydrogen) atoms. The fraction of sp³-hybridized carbons (Fsp3) is 0.350. The number of hydrogen-bond acceptors (Lipinski definition) is 5. The third-order valence-electron chi connectivity index (χ3n) is 4.22. The molecule has 0 radical (unpaired) electrons. The first-order valence-electron chi connectivity index (χ1n) is 8.95. The van der Waals surface area contributed by atoms with Gasteiger partial charge in [-0.15, -0.1) is 0 Å². The van der Waals surface area contributed by atoms with Gasteiger partial charge in [0.05, 0.1) is 30.7 Å². The molecule has 1 aromatic carbocycles. The Morgan fingerprint density at radius 1 is 1.25 bits per heavy atom. The van der Waals surface area contributed by atoms with Gasteiger partial charge in [0.2, 0.25) is 0 Å². The van der Waals surface area contributed by atoms with Crippen LogP contribution < -0.4 is 15.5 Å². The van der Waals surface area contributed by atoms with E-state index >= 15 is 0 Å². The number of carbonyl (C=O) groups is 1. The van der Waals surface area contributed by atoms with Crippen molar-refractivity contribution in [3.63, 3.8) is 0 Å². The minimum Gasteiger partial charge on any atom is -0.497 e. The summed E-state index contributed by atoms with van der Waals surface area (Å²) in [5, 5.41) is 7.82. The fourth-order valence-corrected chi connectivity index (χ4v) is 2.89. The molecule has 7 nitrogen and oxygen atoms in total. The lowest BCUT2D eigenvalue weighted by Gasteiger charge is -2.09.